The first-order valence-electron chi connectivity index (χ1n) is 6.18. The first-order valence-corrected chi connectivity index (χ1v) is 6.18. The number of nitrogens with one attached hydrogen (secondary N) is 2. The van der Waals surface area contributed by atoms with Gasteiger partial charge in [-0.3, -0.25) is 4.99 Å². The Morgan fingerprint density at radius 1 is 1.31 bits per heavy atom. The fourth-order valence-electron chi connectivity index (χ4n) is 1.35. The molecule has 0 aromatic carbocycles. The van der Waals surface area contributed by atoms with Gasteiger partial charge in [0.15, 0.2) is 5.96 Å². The van der Waals surface area contributed by atoms with Gasteiger partial charge in [-0.2, -0.15) is 0 Å². The highest BCUT2D eigenvalue weighted by Gasteiger charge is 2.06. The van der Waals surface area contributed by atoms with Crippen LogP contribution in [0.5, 0.6) is 0 Å². The smallest absolute Gasteiger partial charge is 0.191 e. The first kappa shape index (κ1) is 15.2. The summed E-state index contributed by atoms with van der Waals surface area (Å²) in [5.74, 6) is 0.882. The molecule has 0 aromatic rings. The van der Waals surface area contributed by atoms with E-state index in [9.17, 15) is 0 Å². The van der Waals surface area contributed by atoms with Crippen LogP contribution in [0, 0.1) is 0 Å². The van der Waals surface area contributed by atoms with Gasteiger partial charge in [-0.1, -0.05) is 6.92 Å². The average Bonchev–Trinajstić information content (AvgIpc) is 2.25. The number of likely N-dealkylation sites (N-methyl/N-ethyl adjacent to an activating group) is 1. The fraction of sp³-hybridized carbons (Fsp3) is 0.917. The van der Waals surface area contributed by atoms with Crippen molar-refractivity contribution in [2.75, 3.05) is 27.2 Å². The van der Waals surface area contributed by atoms with Crippen molar-refractivity contribution in [2.24, 2.45) is 4.99 Å². The summed E-state index contributed by atoms with van der Waals surface area (Å²) in [6, 6.07) is 1.06. The third kappa shape index (κ3) is 6.67. The van der Waals surface area contributed by atoms with Crippen LogP contribution in [-0.4, -0.2) is 50.1 Å². The highest BCUT2D eigenvalue weighted by molar-refractivity contribution is 5.79. The molecule has 0 rings (SSSR count). The van der Waals surface area contributed by atoms with E-state index in [1.807, 2.05) is 0 Å². The molecular weight excluding hydrogens is 200 g/mol. The summed E-state index contributed by atoms with van der Waals surface area (Å²) in [5.41, 5.74) is 0. The van der Waals surface area contributed by atoms with Crippen LogP contribution < -0.4 is 10.6 Å². The molecule has 1 atom stereocenters. The van der Waals surface area contributed by atoms with Crippen molar-refractivity contribution in [1.82, 2.24) is 15.5 Å². The maximum absolute atomic E-state index is 4.17. The summed E-state index contributed by atoms with van der Waals surface area (Å²) in [4.78, 5) is 6.52. The van der Waals surface area contributed by atoms with Gasteiger partial charge in [-0.05, 0) is 34.2 Å². The summed E-state index contributed by atoms with van der Waals surface area (Å²) < 4.78 is 0. The van der Waals surface area contributed by atoms with Crippen molar-refractivity contribution in [2.45, 2.75) is 46.2 Å². The number of guanidine groups is 1. The second-order valence-corrected chi connectivity index (χ2v) is 4.54. The van der Waals surface area contributed by atoms with Crippen molar-refractivity contribution in [3.63, 3.8) is 0 Å². The summed E-state index contributed by atoms with van der Waals surface area (Å²) >= 11 is 0. The van der Waals surface area contributed by atoms with E-state index in [1.165, 1.54) is 6.42 Å². The molecule has 0 aliphatic rings. The van der Waals surface area contributed by atoms with Crippen LogP contribution >= 0.6 is 0 Å². The fourth-order valence-corrected chi connectivity index (χ4v) is 1.35. The number of nitrogens with zero attached hydrogens (tertiary/aromatic N) is 2. The lowest BCUT2D eigenvalue weighted by Crippen LogP contribution is -2.44. The molecule has 4 nitrogen and oxygen atoms in total. The Morgan fingerprint density at radius 3 is 2.38 bits per heavy atom. The second kappa shape index (κ2) is 8.39. The molecule has 0 saturated carbocycles. The standard InChI is InChI=1S/C12H28N4/c1-7-11(4)16(6)9-8-14-12(13-5)15-10(2)3/h10-11H,7-9H2,1-6H3,(H2,13,14,15). The Balaban J connectivity index is 3.79. The van der Waals surface area contributed by atoms with Crippen molar-refractivity contribution in [3.8, 4) is 0 Å². The van der Waals surface area contributed by atoms with E-state index in [1.54, 1.807) is 7.05 Å². The highest BCUT2D eigenvalue weighted by Crippen LogP contribution is 1.97. The highest BCUT2D eigenvalue weighted by atomic mass is 15.2. The van der Waals surface area contributed by atoms with E-state index in [2.05, 4.69) is 55.3 Å². The van der Waals surface area contributed by atoms with Gasteiger partial charge >= 0.3 is 0 Å². The van der Waals surface area contributed by atoms with E-state index >= 15 is 0 Å². The maximum atomic E-state index is 4.17. The van der Waals surface area contributed by atoms with Crippen molar-refractivity contribution in [3.05, 3.63) is 0 Å². The summed E-state index contributed by atoms with van der Waals surface area (Å²) in [6.45, 7) is 10.6. The first-order chi connectivity index (χ1) is 7.51. The van der Waals surface area contributed by atoms with Crippen LogP contribution in [0.3, 0.4) is 0 Å². The summed E-state index contributed by atoms with van der Waals surface area (Å²) in [5, 5.41) is 6.57. The third-order valence-corrected chi connectivity index (χ3v) is 2.75. The molecule has 0 aliphatic carbocycles. The lowest BCUT2D eigenvalue weighted by atomic mass is 10.2. The minimum absolute atomic E-state index is 0.415. The van der Waals surface area contributed by atoms with Gasteiger partial charge in [0, 0.05) is 32.2 Å². The molecule has 4 heteroatoms. The van der Waals surface area contributed by atoms with Gasteiger partial charge in [0.05, 0.1) is 0 Å². The zero-order valence-electron chi connectivity index (χ0n) is 11.7. The van der Waals surface area contributed by atoms with E-state index in [-0.39, 0.29) is 0 Å². The summed E-state index contributed by atoms with van der Waals surface area (Å²) in [7, 11) is 3.96. The molecule has 2 N–H and O–H groups in total. The Bertz CT molecular complexity index is 201. The van der Waals surface area contributed by atoms with Gasteiger partial charge in [0.2, 0.25) is 0 Å². The van der Waals surface area contributed by atoms with Crippen LogP contribution in [0.25, 0.3) is 0 Å². The van der Waals surface area contributed by atoms with E-state index in [0.717, 1.165) is 19.0 Å². The molecule has 0 saturated heterocycles. The number of rotatable bonds is 6. The van der Waals surface area contributed by atoms with Crippen LogP contribution in [0.1, 0.15) is 34.1 Å². The van der Waals surface area contributed by atoms with Gasteiger partial charge in [0.1, 0.15) is 0 Å². The Kier molecular flexibility index (Phi) is 7.99. The number of hydrogen-bond acceptors (Lipinski definition) is 2. The summed E-state index contributed by atoms with van der Waals surface area (Å²) in [6.07, 6.45) is 1.19. The monoisotopic (exact) mass is 228 g/mol. The predicted molar refractivity (Wildman–Crippen MR) is 72.0 cm³/mol. The van der Waals surface area contributed by atoms with Crippen LogP contribution in [0.15, 0.2) is 4.99 Å². The molecular formula is C12H28N4. The third-order valence-electron chi connectivity index (χ3n) is 2.75. The minimum atomic E-state index is 0.415. The minimum Gasteiger partial charge on any atom is -0.355 e. The lowest BCUT2D eigenvalue weighted by Gasteiger charge is -2.24. The van der Waals surface area contributed by atoms with E-state index in [0.29, 0.717) is 12.1 Å². The van der Waals surface area contributed by atoms with E-state index in [4.69, 9.17) is 0 Å². The van der Waals surface area contributed by atoms with Gasteiger partial charge in [-0.25, -0.2) is 0 Å². The molecule has 0 aromatic heterocycles. The quantitative estimate of drug-likeness (QED) is 0.531. The Morgan fingerprint density at radius 2 is 1.94 bits per heavy atom. The second-order valence-electron chi connectivity index (χ2n) is 4.54. The SMILES string of the molecule is CCC(C)N(C)CCNC(=NC)NC(C)C. The molecule has 96 valence electrons. The topological polar surface area (TPSA) is 39.7 Å². The molecule has 0 amide bonds. The molecule has 0 fully saturated rings. The molecule has 0 aliphatic heterocycles. The lowest BCUT2D eigenvalue weighted by molar-refractivity contribution is 0.255. The van der Waals surface area contributed by atoms with Gasteiger partial charge < -0.3 is 15.5 Å². The van der Waals surface area contributed by atoms with Crippen molar-refractivity contribution >= 4 is 5.96 Å². The molecule has 0 bridgehead atoms. The maximum Gasteiger partial charge on any atom is 0.191 e. The van der Waals surface area contributed by atoms with Gasteiger partial charge in [0.25, 0.3) is 0 Å². The normalized spacial score (nSPS) is 14.4. The molecule has 16 heavy (non-hydrogen) atoms. The number of aliphatic imine (C=N–C) groups is 1. The van der Waals surface area contributed by atoms with Crippen LogP contribution in [0.2, 0.25) is 0 Å². The van der Waals surface area contributed by atoms with Crippen molar-refractivity contribution in [1.29, 1.82) is 0 Å². The predicted octanol–water partition coefficient (Wildman–Crippen LogP) is 1.29. The molecule has 0 heterocycles. The zero-order valence-corrected chi connectivity index (χ0v) is 11.7. The molecule has 0 radical (unpaired) electrons. The van der Waals surface area contributed by atoms with E-state index < -0.39 is 0 Å². The average molecular weight is 228 g/mol. The molecule has 0 spiro atoms. The molecule has 1 unspecified atom stereocenters. The van der Waals surface area contributed by atoms with Crippen LogP contribution in [-0.2, 0) is 0 Å². The number of hydrogen-bond donors (Lipinski definition) is 2. The Hall–Kier alpha value is -0.770. The van der Waals surface area contributed by atoms with Gasteiger partial charge in [-0.15, -0.1) is 0 Å². The van der Waals surface area contributed by atoms with Crippen molar-refractivity contribution < 1.29 is 0 Å². The van der Waals surface area contributed by atoms with Crippen LogP contribution in [0.4, 0.5) is 0 Å². The largest absolute Gasteiger partial charge is 0.355 e. The Labute approximate surface area is 101 Å². The zero-order chi connectivity index (χ0) is 12.6.